The van der Waals surface area contributed by atoms with Crippen molar-refractivity contribution in [3.63, 3.8) is 0 Å². The third-order valence-electron chi connectivity index (χ3n) is 6.20. The lowest BCUT2D eigenvalue weighted by Crippen LogP contribution is -1.98. The van der Waals surface area contributed by atoms with Gasteiger partial charge in [0, 0.05) is 30.7 Å². The van der Waals surface area contributed by atoms with Gasteiger partial charge in [0.25, 0.3) is 0 Å². The van der Waals surface area contributed by atoms with Gasteiger partial charge in [-0.05, 0) is 61.0 Å². The van der Waals surface area contributed by atoms with E-state index in [1.54, 1.807) is 12.4 Å². The van der Waals surface area contributed by atoms with Crippen molar-refractivity contribution in [2.75, 3.05) is 0 Å². The summed E-state index contributed by atoms with van der Waals surface area (Å²) in [5.74, 6) is 3.09. The number of imidazole rings is 2. The van der Waals surface area contributed by atoms with Crippen molar-refractivity contribution in [3.8, 4) is 23.0 Å². The minimum atomic E-state index is 0.730. The van der Waals surface area contributed by atoms with Crippen LogP contribution in [-0.2, 0) is 0 Å². The predicted octanol–water partition coefficient (Wildman–Crippen LogP) is 6.11. The van der Waals surface area contributed by atoms with E-state index in [9.17, 15) is 0 Å². The van der Waals surface area contributed by atoms with Crippen molar-refractivity contribution < 1.29 is 4.74 Å². The summed E-state index contributed by atoms with van der Waals surface area (Å²) in [4.78, 5) is 9.64. The highest BCUT2D eigenvalue weighted by atomic mass is 16.5. The summed E-state index contributed by atoms with van der Waals surface area (Å²) in [6, 6.07) is 28.0. The lowest BCUT2D eigenvalue weighted by atomic mass is 10.2. The van der Waals surface area contributed by atoms with Crippen LogP contribution in [0.15, 0.2) is 104 Å². The van der Waals surface area contributed by atoms with Crippen LogP contribution in [0.1, 0.15) is 5.56 Å². The summed E-state index contributed by atoms with van der Waals surface area (Å²) >= 11 is 0. The Bertz CT molecular complexity index is 1830. The molecule has 7 rings (SSSR count). The van der Waals surface area contributed by atoms with Crippen LogP contribution in [0.5, 0.6) is 11.5 Å². The molecule has 0 fully saturated rings. The van der Waals surface area contributed by atoms with Gasteiger partial charge < -0.3 is 4.74 Å². The van der Waals surface area contributed by atoms with Gasteiger partial charge in [0.15, 0.2) is 0 Å². The van der Waals surface area contributed by atoms with E-state index in [-0.39, 0.29) is 0 Å². The first-order chi connectivity index (χ1) is 17.3. The first-order valence-corrected chi connectivity index (χ1v) is 11.4. The highest BCUT2D eigenvalue weighted by Gasteiger charge is 2.19. The van der Waals surface area contributed by atoms with Gasteiger partial charge in [-0.1, -0.05) is 24.3 Å². The summed E-state index contributed by atoms with van der Waals surface area (Å²) in [5, 5.41) is 4.31. The van der Waals surface area contributed by atoms with Crippen LogP contribution in [0.3, 0.4) is 0 Å². The van der Waals surface area contributed by atoms with Crippen LogP contribution in [0, 0.1) is 6.92 Å². The van der Waals surface area contributed by atoms with Crippen LogP contribution >= 0.6 is 0 Å². The lowest BCUT2D eigenvalue weighted by Gasteiger charge is -2.09. The molecule has 0 amide bonds. The SMILES string of the molecule is Cc1cccc2c1nc1n(-c3ccccn3)c3cc(Oc4cccc(-n5cccn5)c4)ccc3n21. The fraction of sp³-hybridized carbons (Fsp3) is 0.0357. The van der Waals surface area contributed by atoms with Crippen molar-refractivity contribution in [2.24, 2.45) is 0 Å². The molecular weight excluding hydrogens is 436 g/mol. The Morgan fingerprint density at radius 1 is 0.743 bits per heavy atom. The zero-order chi connectivity index (χ0) is 23.4. The Kier molecular flexibility index (Phi) is 4.22. The number of rotatable bonds is 4. The maximum atomic E-state index is 6.29. The monoisotopic (exact) mass is 456 g/mol. The summed E-state index contributed by atoms with van der Waals surface area (Å²) in [5.41, 5.74) is 6.14. The Morgan fingerprint density at radius 2 is 1.66 bits per heavy atom. The quantitative estimate of drug-likeness (QED) is 0.320. The minimum Gasteiger partial charge on any atom is -0.457 e. The van der Waals surface area contributed by atoms with Crippen molar-refractivity contribution >= 4 is 27.8 Å². The van der Waals surface area contributed by atoms with Crippen LogP contribution < -0.4 is 4.74 Å². The summed E-state index contributed by atoms with van der Waals surface area (Å²) in [6.07, 6.45) is 5.47. The molecule has 0 bridgehead atoms. The molecule has 0 atom stereocenters. The van der Waals surface area contributed by atoms with E-state index in [4.69, 9.17) is 9.72 Å². The molecule has 3 aromatic carbocycles. The van der Waals surface area contributed by atoms with Gasteiger partial charge in [-0.3, -0.25) is 8.97 Å². The molecule has 168 valence electrons. The molecule has 0 saturated carbocycles. The highest BCUT2D eigenvalue weighted by Crippen LogP contribution is 2.33. The number of hydrogen-bond donors (Lipinski definition) is 0. The van der Waals surface area contributed by atoms with Gasteiger partial charge in [-0.2, -0.15) is 5.10 Å². The number of ether oxygens (including phenoxy) is 1. The van der Waals surface area contributed by atoms with Crippen LogP contribution in [0.2, 0.25) is 0 Å². The van der Waals surface area contributed by atoms with Gasteiger partial charge in [-0.25, -0.2) is 14.6 Å². The number of fused-ring (bicyclic) bond motifs is 5. The van der Waals surface area contributed by atoms with Crippen molar-refractivity contribution in [3.05, 3.63) is 109 Å². The van der Waals surface area contributed by atoms with Gasteiger partial charge in [0.2, 0.25) is 5.78 Å². The molecule has 0 spiro atoms. The number of aromatic nitrogens is 6. The van der Waals surface area contributed by atoms with Crippen molar-refractivity contribution in [1.29, 1.82) is 0 Å². The maximum absolute atomic E-state index is 6.29. The standard InChI is InChI=1S/C28H20N6O/c1-19-7-4-10-24-27(19)31-28-33(24)23-13-12-22(18-25(23)34(28)26-11-2-3-14-29-26)35-21-9-5-8-20(17-21)32-16-6-15-30-32/h2-18H,1H3. The molecule has 35 heavy (non-hydrogen) atoms. The number of nitrogens with zero attached hydrogens (tertiary/aromatic N) is 6. The predicted molar refractivity (Wildman–Crippen MR) is 136 cm³/mol. The van der Waals surface area contributed by atoms with Crippen LogP contribution in [0.25, 0.3) is 39.3 Å². The topological polar surface area (TPSA) is 62.2 Å². The number of aryl methyl sites for hydroxylation is 1. The summed E-state index contributed by atoms with van der Waals surface area (Å²) in [6.45, 7) is 2.09. The fourth-order valence-corrected chi connectivity index (χ4v) is 4.62. The van der Waals surface area contributed by atoms with E-state index in [0.717, 1.165) is 56.4 Å². The van der Waals surface area contributed by atoms with E-state index >= 15 is 0 Å². The zero-order valence-electron chi connectivity index (χ0n) is 18.9. The largest absolute Gasteiger partial charge is 0.457 e. The van der Waals surface area contributed by atoms with E-state index in [2.05, 4.69) is 50.2 Å². The number of benzene rings is 3. The average Bonchev–Trinajstić information content (AvgIpc) is 3.61. The average molecular weight is 457 g/mol. The van der Waals surface area contributed by atoms with Crippen molar-refractivity contribution in [2.45, 2.75) is 6.92 Å². The third kappa shape index (κ3) is 3.09. The minimum absolute atomic E-state index is 0.730. The molecule has 7 nitrogen and oxygen atoms in total. The molecule has 0 aliphatic carbocycles. The second kappa shape index (κ2) is 7.56. The van der Waals surface area contributed by atoms with Crippen LogP contribution in [0.4, 0.5) is 0 Å². The van der Waals surface area contributed by atoms with Gasteiger partial charge >= 0.3 is 0 Å². The first-order valence-electron chi connectivity index (χ1n) is 11.4. The maximum Gasteiger partial charge on any atom is 0.221 e. The Hall–Kier alpha value is -4.91. The van der Waals surface area contributed by atoms with E-state index in [0.29, 0.717) is 0 Å². The number of para-hydroxylation sites is 1. The summed E-state index contributed by atoms with van der Waals surface area (Å²) in [7, 11) is 0. The first kappa shape index (κ1) is 19.5. The fourth-order valence-electron chi connectivity index (χ4n) is 4.62. The molecule has 0 aliphatic rings. The molecule has 0 N–H and O–H groups in total. The lowest BCUT2D eigenvalue weighted by molar-refractivity contribution is 0.483. The molecule has 7 heteroatoms. The molecule has 0 unspecified atom stereocenters. The Morgan fingerprint density at radius 3 is 2.51 bits per heavy atom. The smallest absolute Gasteiger partial charge is 0.221 e. The Balaban J connectivity index is 1.42. The Labute approximate surface area is 200 Å². The normalized spacial score (nSPS) is 11.6. The molecule has 0 saturated heterocycles. The van der Waals surface area contributed by atoms with E-state index in [1.165, 1.54) is 0 Å². The highest BCUT2D eigenvalue weighted by molar-refractivity contribution is 5.93. The zero-order valence-corrected chi connectivity index (χ0v) is 18.9. The molecular formula is C28H20N6O. The molecule has 0 aliphatic heterocycles. The van der Waals surface area contributed by atoms with E-state index < -0.39 is 0 Å². The van der Waals surface area contributed by atoms with Gasteiger partial charge in [0.05, 0.1) is 27.8 Å². The third-order valence-corrected chi connectivity index (χ3v) is 6.20. The van der Waals surface area contributed by atoms with Crippen molar-refractivity contribution in [1.82, 2.24) is 28.7 Å². The molecule has 4 aromatic heterocycles. The molecule has 0 radical (unpaired) electrons. The van der Waals surface area contributed by atoms with E-state index in [1.807, 2.05) is 71.5 Å². The number of pyridine rings is 1. The number of hydrogen-bond acceptors (Lipinski definition) is 4. The second-order valence-electron chi connectivity index (χ2n) is 8.41. The summed E-state index contributed by atoms with van der Waals surface area (Å²) < 4.78 is 12.4. The van der Waals surface area contributed by atoms with Crippen LogP contribution in [-0.4, -0.2) is 28.7 Å². The molecule has 7 aromatic rings. The van der Waals surface area contributed by atoms with Gasteiger partial charge in [-0.15, -0.1) is 0 Å². The second-order valence-corrected chi connectivity index (χ2v) is 8.41. The molecule has 4 heterocycles. The van der Waals surface area contributed by atoms with Gasteiger partial charge in [0.1, 0.15) is 17.3 Å².